The molecule has 0 bridgehead atoms. The van der Waals surface area contributed by atoms with E-state index in [2.05, 4.69) is 27.7 Å². The van der Waals surface area contributed by atoms with Crippen LogP contribution in [0, 0.1) is 0 Å². The van der Waals surface area contributed by atoms with E-state index in [-0.39, 0.29) is 58.4 Å². The average molecular weight is 959 g/mol. The van der Waals surface area contributed by atoms with Crippen LogP contribution in [0.2, 0.25) is 0 Å². The SMILES string of the molecule is CCCCCCCCCCS(CCCCCCCC)=P([O-])([O-])[S-].CCCCCCCCCCS(CCCCCCCC)=P([O-])([O-])[S-].[Zn+2].[Zn+2].[Zn+2]. The topological polar surface area (TPSA) is 92.2 Å². The Kier molecular flexibility index (Phi) is 58.8. The number of unbranched alkanes of at least 4 members (excludes halogenated alkanes) is 24. The number of hydrogen-bond donors (Lipinski definition) is 0. The molecule has 0 saturated carbocycles. The Bertz CT molecular complexity index is 694. The molecule has 284 valence electrons. The van der Waals surface area contributed by atoms with Crippen LogP contribution in [-0.2, 0) is 103 Å². The maximum Gasteiger partial charge on any atom is 2.00 e. The van der Waals surface area contributed by atoms with Crippen molar-refractivity contribution in [1.82, 2.24) is 0 Å². The van der Waals surface area contributed by atoms with Crippen LogP contribution >= 0.6 is 11.4 Å². The normalized spacial score (nSPS) is 12.6. The van der Waals surface area contributed by atoms with Crippen LogP contribution < -0.4 is 19.6 Å². The fraction of sp³-hybridized carbons (Fsp3) is 1.00. The van der Waals surface area contributed by atoms with E-state index >= 15 is 0 Å². The van der Waals surface area contributed by atoms with Crippen LogP contribution in [0.15, 0.2) is 0 Å². The smallest absolute Gasteiger partial charge is 0.854 e. The predicted molar refractivity (Wildman–Crippen MR) is 215 cm³/mol. The van der Waals surface area contributed by atoms with Crippen LogP contribution in [-0.4, -0.2) is 23.0 Å². The summed E-state index contributed by atoms with van der Waals surface area (Å²) in [5.74, 6) is 3.25. The predicted octanol–water partition coefficient (Wildman–Crippen LogP) is 10.1. The second-order valence-electron chi connectivity index (χ2n) is 13.1. The van der Waals surface area contributed by atoms with Crippen molar-refractivity contribution in [3.63, 3.8) is 0 Å². The standard InChI is InChI=1S/2C18H38O2PS2.3Zn/c2*1-3-5-7-9-11-12-14-16-18-23(21(19,20)22)17-15-13-10-8-6-4-2;;;/h2*3-18H2,1-2H3;;;/q2*-3;3*+2. The van der Waals surface area contributed by atoms with E-state index in [1.165, 1.54) is 141 Å². The van der Waals surface area contributed by atoms with Gasteiger partial charge in [0.2, 0.25) is 0 Å². The molecule has 4 nitrogen and oxygen atoms in total. The third-order valence-corrected chi connectivity index (χ3v) is 22.7. The third-order valence-electron chi connectivity index (χ3n) is 8.57. The van der Waals surface area contributed by atoms with Crippen LogP contribution in [0.25, 0.3) is 0 Å². The molecule has 0 N–H and O–H groups in total. The van der Waals surface area contributed by atoms with Crippen LogP contribution in [0.1, 0.15) is 207 Å². The summed E-state index contributed by atoms with van der Waals surface area (Å²) >= 11 is 9.57. The molecule has 2 unspecified atom stereocenters. The van der Waals surface area contributed by atoms with E-state index in [0.29, 0.717) is 0 Å². The number of hydrogen-bond acceptors (Lipinski definition) is 6. The van der Waals surface area contributed by atoms with Crippen molar-refractivity contribution in [3.05, 3.63) is 0 Å². The van der Waals surface area contributed by atoms with Crippen molar-refractivity contribution in [2.75, 3.05) is 23.0 Å². The van der Waals surface area contributed by atoms with E-state index < -0.39 is 31.5 Å². The summed E-state index contributed by atoms with van der Waals surface area (Å²) in [4.78, 5) is 47.2. The summed E-state index contributed by atoms with van der Waals surface area (Å²) in [6.07, 6.45) is 34.7. The maximum absolute atomic E-state index is 11.8. The fourth-order valence-corrected chi connectivity index (χ4v) is 15.9. The summed E-state index contributed by atoms with van der Waals surface area (Å²) in [6.45, 7) is 8.90. The van der Waals surface area contributed by atoms with Gasteiger partial charge in [0.25, 0.3) is 0 Å². The van der Waals surface area contributed by atoms with E-state index in [1.54, 1.807) is 0 Å². The van der Waals surface area contributed by atoms with Crippen LogP contribution in [0.4, 0.5) is 0 Å². The van der Waals surface area contributed by atoms with Crippen molar-refractivity contribution < 1.29 is 78.0 Å². The van der Waals surface area contributed by atoms with Crippen molar-refractivity contribution in [2.24, 2.45) is 0 Å². The average Bonchev–Trinajstić information content (AvgIpc) is 3.00. The van der Waals surface area contributed by atoms with Gasteiger partial charge in [-0.2, -0.15) is 0 Å². The van der Waals surface area contributed by atoms with E-state index in [0.717, 1.165) is 61.5 Å². The second kappa shape index (κ2) is 46.4. The van der Waals surface area contributed by atoms with Gasteiger partial charge < -0.3 is 55.5 Å². The molecular weight excluding hydrogens is 883 g/mol. The molecule has 0 aliphatic carbocycles. The zero-order chi connectivity index (χ0) is 34.8. The molecule has 0 heterocycles. The molecule has 0 amide bonds. The quantitative estimate of drug-likeness (QED) is 0.0289. The fourth-order valence-electron chi connectivity index (χ4n) is 5.55. The largest absolute Gasteiger partial charge is 2.00 e. The van der Waals surface area contributed by atoms with Crippen molar-refractivity contribution in [3.8, 4) is 0 Å². The molecule has 0 radical (unpaired) electrons. The Balaban J connectivity index is -0.000000248. The summed E-state index contributed by atoms with van der Waals surface area (Å²) in [5.41, 5.74) is -7.09. The minimum Gasteiger partial charge on any atom is -0.854 e. The van der Waals surface area contributed by atoms with Crippen LogP contribution in [0.3, 0.4) is 0 Å². The summed E-state index contributed by atoms with van der Waals surface area (Å²) in [5, 5.41) is 0. The molecule has 0 aliphatic heterocycles. The van der Waals surface area contributed by atoms with E-state index in [1.807, 2.05) is 0 Å². The zero-order valence-electron chi connectivity index (χ0n) is 32.9. The zero-order valence-corrected chi connectivity index (χ0v) is 46.9. The molecule has 0 aromatic rings. The summed E-state index contributed by atoms with van der Waals surface area (Å²) < 4.78 is 0. The van der Waals surface area contributed by atoms with Gasteiger partial charge >= 0.3 is 58.4 Å². The molecule has 0 aromatic heterocycles. The van der Waals surface area contributed by atoms with Crippen molar-refractivity contribution >= 4 is 56.0 Å². The van der Waals surface area contributed by atoms with Gasteiger partial charge in [-0.3, -0.25) is 0 Å². The Morgan fingerprint density at radius 3 is 0.592 bits per heavy atom. The Labute approximate surface area is 361 Å². The van der Waals surface area contributed by atoms with Gasteiger partial charge in [0, 0.05) is 0 Å². The molecule has 0 aliphatic rings. The Hall–Kier alpha value is 3.97. The number of rotatable bonds is 32. The molecule has 0 saturated heterocycles. The third kappa shape index (κ3) is 48.0. The molecule has 0 fully saturated rings. The van der Waals surface area contributed by atoms with E-state index in [4.69, 9.17) is 24.5 Å². The van der Waals surface area contributed by atoms with E-state index in [9.17, 15) is 19.6 Å². The second-order valence-corrected chi connectivity index (χ2v) is 28.6. The summed E-state index contributed by atoms with van der Waals surface area (Å²) in [7, 11) is -1.09. The van der Waals surface area contributed by atoms with Gasteiger partial charge in [-0.1, -0.05) is 182 Å². The van der Waals surface area contributed by atoms with Gasteiger partial charge in [0.1, 0.15) is 0 Å². The van der Waals surface area contributed by atoms with Gasteiger partial charge in [0.15, 0.2) is 0 Å². The Morgan fingerprint density at radius 1 is 0.306 bits per heavy atom. The monoisotopic (exact) mass is 954 g/mol. The molecule has 2 atom stereocenters. The molecule has 0 spiro atoms. The minimum atomic E-state index is -3.55. The first-order valence-corrected chi connectivity index (χ1v) is 29.1. The molecular formula is C36H76O4P2S4Zn3. The van der Waals surface area contributed by atoms with Crippen molar-refractivity contribution in [2.45, 2.75) is 207 Å². The molecule has 49 heavy (non-hydrogen) atoms. The Morgan fingerprint density at radius 2 is 0.449 bits per heavy atom. The molecule has 0 rings (SSSR count). The summed E-state index contributed by atoms with van der Waals surface area (Å²) in [6, 6.07) is 0. The van der Waals surface area contributed by atoms with Gasteiger partial charge in [-0.15, -0.1) is 0 Å². The minimum absolute atomic E-state index is 0. The van der Waals surface area contributed by atoms with Gasteiger partial charge in [0.05, 0.1) is 0 Å². The first-order chi connectivity index (χ1) is 22.0. The van der Waals surface area contributed by atoms with Gasteiger partial charge in [-0.05, 0) is 48.7 Å². The van der Waals surface area contributed by atoms with Gasteiger partial charge in [-0.25, -0.2) is 20.1 Å². The first kappa shape index (κ1) is 62.2. The maximum atomic E-state index is 11.8. The van der Waals surface area contributed by atoms with Crippen LogP contribution in [0.5, 0.6) is 0 Å². The first-order valence-electron chi connectivity index (χ1n) is 19.4. The molecule has 0 aromatic carbocycles. The van der Waals surface area contributed by atoms with Crippen molar-refractivity contribution in [1.29, 1.82) is 0 Å². The molecule has 13 heteroatoms.